The molecule has 0 amide bonds. The number of hydrogen-bond acceptors (Lipinski definition) is 3. The van der Waals surface area contributed by atoms with E-state index in [1.807, 2.05) is 17.7 Å². The lowest BCUT2D eigenvalue weighted by atomic mass is 9.85. The van der Waals surface area contributed by atoms with Crippen LogP contribution in [0, 0.1) is 6.92 Å². The first-order valence-corrected chi connectivity index (χ1v) is 10.4. The lowest BCUT2D eigenvalue weighted by Gasteiger charge is -2.33. The highest BCUT2D eigenvalue weighted by atomic mass is 16.1. The molecule has 3 aromatic rings. The van der Waals surface area contributed by atoms with E-state index in [1.54, 1.807) is 0 Å². The second-order valence-corrected chi connectivity index (χ2v) is 7.91. The van der Waals surface area contributed by atoms with Crippen molar-refractivity contribution in [3.05, 3.63) is 82.7 Å². The standard InChI is InChI=1S/C25H25N3O/c1-3-17-12-14-19(15-13-17)24-23-20(10-7-11-21(23)29)26-25-22(16(2)27-28(24)25)18-8-5-4-6-9-18/h4-6,8-9,12-15,24,26H,3,7,10-11H2,1-2H3/t24-/m1/s1. The van der Waals surface area contributed by atoms with Crippen LogP contribution in [0.1, 0.15) is 49.0 Å². The van der Waals surface area contributed by atoms with Gasteiger partial charge in [0.25, 0.3) is 0 Å². The molecule has 1 aliphatic carbocycles. The molecule has 0 unspecified atom stereocenters. The van der Waals surface area contributed by atoms with Crippen molar-refractivity contribution >= 4 is 11.6 Å². The van der Waals surface area contributed by atoms with Crippen LogP contribution >= 0.6 is 0 Å². The molecule has 0 saturated carbocycles. The molecule has 1 N–H and O–H groups in total. The summed E-state index contributed by atoms with van der Waals surface area (Å²) in [6, 6.07) is 18.8. The number of rotatable bonds is 3. The number of ketones is 1. The fraction of sp³-hybridized carbons (Fsp3) is 0.280. The van der Waals surface area contributed by atoms with Crippen LogP contribution in [0.3, 0.4) is 0 Å². The zero-order valence-electron chi connectivity index (χ0n) is 16.9. The molecular weight excluding hydrogens is 358 g/mol. The maximum absolute atomic E-state index is 13.0. The van der Waals surface area contributed by atoms with Crippen molar-refractivity contribution in [1.82, 2.24) is 9.78 Å². The summed E-state index contributed by atoms with van der Waals surface area (Å²) in [5.41, 5.74) is 7.60. The summed E-state index contributed by atoms with van der Waals surface area (Å²) in [5, 5.41) is 8.52. The Bertz CT molecular complexity index is 1110. The molecule has 0 fully saturated rings. The summed E-state index contributed by atoms with van der Waals surface area (Å²) in [5.74, 6) is 1.23. The highest BCUT2D eigenvalue weighted by Crippen LogP contribution is 2.44. The van der Waals surface area contributed by atoms with Gasteiger partial charge in [-0.1, -0.05) is 61.5 Å². The number of anilines is 1. The van der Waals surface area contributed by atoms with E-state index in [-0.39, 0.29) is 11.8 Å². The van der Waals surface area contributed by atoms with Gasteiger partial charge >= 0.3 is 0 Å². The lowest BCUT2D eigenvalue weighted by Crippen LogP contribution is -2.31. The molecule has 0 saturated heterocycles. The normalized spacial score (nSPS) is 18.3. The number of fused-ring (bicyclic) bond motifs is 1. The van der Waals surface area contributed by atoms with Crippen molar-refractivity contribution in [2.75, 3.05) is 5.32 Å². The molecule has 0 radical (unpaired) electrons. The number of carbonyl (C=O) groups excluding carboxylic acids is 1. The summed E-state index contributed by atoms with van der Waals surface area (Å²) in [6.07, 6.45) is 3.43. The summed E-state index contributed by atoms with van der Waals surface area (Å²) >= 11 is 0. The third-order valence-electron chi connectivity index (χ3n) is 6.10. The molecular formula is C25H25N3O. The minimum Gasteiger partial charge on any atom is -0.343 e. The highest BCUT2D eigenvalue weighted by molar-refractivity contribution is 6.00. The average Bonchev–Trinajstić information content (AvgIpc) is 3.08. The Hall–Kier alpha value is -3.14. The van der Waals surface area contributed by atoms with Crippen LogP contribution in [-0.4, -0.2) is 15.6 Å². The van der Waals surface area contributed by atoms with Crippen LogP contribution in [0.15, 0.2) is 65.9 Å². The van der Waals surface area contributed by atoms with E-state index >= 15 is 0 Å². The fourth-order valence-electron chi connectivity index (χ4n) is 4.62. The summed E-state index contributed by atoms with van der Waals surface area (Å²) in [7, 11) is 0. The minimum absolute atomic E-state index is 0.170. The van der Waals surface area contributed by atoms with Crippen LogP contribution in [0.5, 0.6) is 0 Å². The molecule has 0 bridgehead atoms. The SMILES string of the molecule is CCc1ccc([C@@H]2C3=C(CCCC3=O)Nc3c(-c4ccccc4)c(C)nn32)cc1. The summed E-state index contributed by atoms with van der Waals surface area (Å²) < 4.78 is 2.03. The smallest absolute Gasteiger partial charge is 0.163 e. The lowest BCUT2D eigenvalue weighted by molar-refractivity contribution is -0.116. The van der Waals surface area contributed by atoms with Gasteiger partial charge in [0.05, 0.1) is 5.69 Å². The van der Waals surface area contributed by atoms with E-state index in [9.17, 15) is 4.79 Å². The van der Waals surface area contributed by atoms with E-state index in [0.717, 1.165) is 58.7 Å². The van der Waals surface area contributed by atoms with E-state index in [4.69, 9.17) is 5.10 Å². The second-order valence-electron chi connectivity index (χ2n) is 7.91. The largest absolute Gasteiger partial charge is 0.343 e. The number of nitrogens with one attached hydrogen (secondary N) is 1. The third-order valence-corrected chi connectivity index (χ3v) is 6.10. The quantitative estimate of drug-likeness (QED) is 0.655. The van der Waals surface area contributed by atoms with E-state index in [2.05, 4.69) is 60.8 Å². The number of hydrogen-bond donors (Lipinski definition) is 1. The van der Waals surface area contributed by atoms with Crippen molar-refractivity contribution < 1.29 is 4.79 Å². The second kappa shape index (κ2) is 7.03. The molecule has 1 aliphatic heterocycles. The molecule has 2 heterocycles. The van der Waals surface area contributed by atoms with Gasteiger partial charge in [-0.05, 0) is 42.9 Å². The molecule has 0 spiro atoms. The van der Waals surface area contributed by atoms with E-state index < -0.39 is 0 Å². The van der Waals surface area contributed by atoms with E-state index in [1.165, 1.54) is 5.56 Å². The molecule has 4 nitrogen and oxygen atoms in total. The Morgan fingerprint density at radius 1 is 1.07 bits per heavy atom. The number of carbonyl (C=O) groups is 1. The maximum Gasteiger partial charge on any atom is 0.163 e. The van der Waals surface area contributed by atoms with Gasteiger partial charge in [0.2, 0.25) is 0 Å². The zero-order chi connectivity index (χ0) is 20.0. The molecule has 5 rings (SSSR count). The van der Waals surface area contributed by atoms with Crippen LogP contribution in [-0.2, 0) is 11.2 Å². The molecule has 29 heavy (non-hydrogen) atoms. The first-order chi connectivity index (χ1) is 14.2. The molecule has 2 aromatic carbocycles. The summed E-state index contributed by atoms with van der Waals surface area (Å²) in [6.45, 7) is 4.21. The third kappa shape index (κ3) is 2.91. The molecule has 2 aliphatic rings. The van der Waals surface area contributed by atoms with Gasteiger partial charge in [0.1, 0.15) is 11.9 Å². The van der Waals surface area contributed by atoms with Gasteiger partial charge in [0.15, 0.2) is 5.78 Å². The average molecular weight is 383 g/mol. The maximum atomic E-state index is 13.0. The van der Waals surface area contributed by atoms with Gasteiger partial charge in [0, 0.05) is 23.3 Å². The highest BCUT2D eigenvalue weighted by Gasteiger charge is 2.37. The van der Waals surface area contributed by atoms with Gasteiger partial charge in [-0.2, -0.15) is 5.10 Å². The minimum atomic E-state index is -0.170. The first-order valence-electron chi connectivity index (χ1n) is 10.4. The number of aromatic nitrogens is 2. The van der Waals surface area contributed by atoms with Gasteiger partial charge in [-0.15, -0.1) is 0 Å². The van der Waals surface area contributed by atoms with Gasteiger partial charge < -0.3 is 5.32 Å². The van der Waals surface area contributed by atoms with Crippen LogP contribution < -0.4 is 5.32 Å². The Morgan fingerprint density at radius 3 is 2.55 bits per heavy atom. The monoisotopic (exact) mass is 383 g/mol. The van der Waals surface area contributed by atoms with Crippen molar-refractivity contribution in [2.45, 2.75) is 45.6 Å². The first kappa shape index (κ1) is 17.9. The molecule has 1 aromatic heterocycles. The number of nitrogens with zero attached hydrogens (tertiary/aromatic N) is 2. The number of Topliss-reactive ketones (excluding diaryl/α,β-unsaturated/α-hetero) is 1. The molecule has 146 valence electrons. The Morgan fingerprint density at radius 2 is 1.83 bits per heavy atom. The zero-order valence-corrected chi connectivity index (χ0v) is 16.9. The number of aryl methyl sites for hydroxylation is 2. The Kier molecular flexibility index (Phi) is 4.35. The predicted octanol–water partition coefficient (Wildman–Crippen LogP) is 5.44. The summed E-state index contributed by atoms with van der Waals surface area (Å²) in [4.78, 5) is 13.0. The van der Waals surface area contributed by atoms with Crippen molar-refractivity contribution in [1.29, 1.82) is 0 Å². The fourth-order valence-corrected chi connectivity index (χ4v) is 4.62. The molecule has 4 heteroatoms. The van der Waals surface area contributed by atoms with Crippen LogP contribution in [0.2, 0.25) is 0 Å². The van der Waals surface area contributed by atoms with Crippen molar-refractivity contribution in [3.63, 3.8) is 0 Å². The Labute approximate surface area is 171 Å². The van der Waals surface area contributed by atoms with Crippen LogP contribution in [0.25, 0.3) is 11.1 Å². The van der Waals surface area contributed by atoms with Crippen LogP contribution in [0.4, 0.5) is 5.82 Å². The van der Waals surface area contributed by atoms with Gasteiger partial charge in [-0.25, -0.2) is 4.68 Å². The Balaban J connectivity index is 1.72. The topological polar surface area (TPSA) is 46.9 Å². The van der Waals surface area contributed by atoms with E-state index in [0.29, 0.717) is 6.42 Å². The van der Waals surface area contributed by atoms with Crippen molar-refractivity contribution in [3.8, 4) is 11.1 Å². The number of benzene rings is 2. The number of allylic oxidation sites excluding steroid dienone is 2. The van der Waals surface area contributed by atoms with Gasteiger partial charge in [-0.3, -0.25) is 4.79 Å². The molecule has 1 atom stereocenters. The predicted molar refractivity (Wildman–Crippen MR) is 116 cm³/mol. The van der Waals surface area contributed by atoms with Crippen molar-refractivity contribution in [2.24, 2.45) is 0 Å².